The van der Waals surface area contributed by atoms with Gasteiger partial charge in [-0.05, 0) is 14.0 Å². The maximum Gasteiger partial charge on any atom is 0.203 e. The molecule has 1 rings (SSSR count). The predicted octanol–water partition coefficient (Wildman–Crippen LogP) is -2.06. The van der Waals surface area contributed by atoms with Crippen LogP contribution in [-0.4, -0.2) is 31.9 Å². The van der Waals surface area contributed by atoms with Crippen LogP contribution in [0, 0.1) is 0 Å². The molecule has 0 amide bonds. The lowest BCUT2D eigenvalue weighted by atomic mass is 10.1. The molecule has 1 heterocycles. The number of guanidine groups is 1. The Morgan fingerprint density at radius 3 is 2.73 bits per heavy atom. The number of nitrogens with one attached hydrogen (secondary N) is 2. The highest BCUT2D eigenvalue weighted by molar-refractivity contribution is 5.81. The molecule has 0 aromatic heterocycles. The zero-order chi connectivity index (χ0) is 11.5. The standard InChI is InChI=1S/C8H18N6O/c1-8(15-4-3-12-2)5(9)6(10)13-7(11)14-8/h12H,3-4,9-10H2,1-2H3,(H3,11,13,14). The van der Waals surface area contributed by atoms with Gasteiger partial charge in [0.15, 0.2) is 5.96 Å². The van der Waals surface area contributed by atoms with Crippen molar-refractivity contribution < 1.29 is 4.74 Å². The highest BCUT2D eigenvalue weighted by Crippen LogP contribution is 2.22. The molecule has 7 heteroatoms. The summed E-state index contributed by atoms with van der Waals surface area (Å²) in [6.07, 6.45) is 0. The average Bonchev–Trinajstić information content (AvgIpc) is 2.14. The van der Waals surface area contributed by atoms with E-state index < -0.39 is 5.72 Å². The summed E-state index contributed by atoms with van der Waals surface area (Å²) in [4.78, 5) is 4.09. The fourth-order valence-corrected chi connectivity index (χ4v) is 1.24. The van der Waals surface area contributed by atoms with Crippen molar-refractivity contribution in [1.82, 2.24) is 10.6 Å². The van der Waals surface area contributed by atoms with Gasteiger partial charge in [0.2, 0.25) is 5.72 Å². The van der Waals surface area contributed by atoms with Crippen molar-refractivity contribution in [1.29, 1.82) is 0 Å². The maximum absolute atomic E-state index is 5.79. The van der Waals surface area contributed by atoms with Gasteiger partial charge in [0, 0.05) is 6.54 Å². The minimum atomic E-state index is -0.976. The summed E-state index contributed by atoms with van der Waals surface area (Å²) in [6, 6.07) is 0. The molecule has 7 nitrogen and oxygen atoms in total. The number of nitrogens with two attached hydrogens (primary N) is 3. The van der Waals surface area contributed by atoms with Crippen LogP contribution in [0.5, 0.6) is 0 Å². The molecular formula is C8H18N6O. The third-order valence-corrected chi connectivity index (χ3v) is 2.12. The van der Waals surface area contributed by atoms with Gasteiger partial charge >= 0.3 is 0 Å². The summed E-state index contributed by atoms with van der Waals surface area (Å²) in [6.45, 7) is 2.89. The first-order chi connectivity index (χ1) is 6.99. The fraction of sp³-hybridized carbons (Fsp3) is 0.625. The molecule has 0 aromatic carbocycles. The normalized spacial score (nSPS) is 26.1. The Kier molecular flexibility index (Phi) is 3.38. The Morgan fingerprint density at radius 2 is 2.13 bits per heavy atom. The number of ether oxygens (including phenoxy) is 1. The second-order valence-corrected chi connectivity index (χ2v) is 3.38. The summed E-state index contributed by atoms with van der Waals surface area (Å²) in [5.41, 5.74) is 16.3. The summed E-state index contributed by atoms with van der Waals surface area (Å²) < 4.78 is 5.53. The van der Waals surface area contributed by atoms with Crippen molar-refractivity contribution in [3.63, 3.8) is 0 Å². The molecule has 0 bridgehead atoms. The third-order valence-electron chi connectivity index (χ3n) is 2.12. The fourth-order valence-electron chi connectivity index (χ4n) is 1.24. The average molecular weight is 214 g/mol. The monoisotopic (exact) mass is 214 g/mol. The second-order valence-electron chi connectivity index (χ2n) is 3.38. The third kappa shape index (κ3) is 2.51. The zero-order valence-corrected chi connectivity index (χ0v) is 9.00. The topological polar surface area (TPSA) is 124 Å². The van der Waals surface area contributed by atoms with Crippen molar-refractivity contribution in [2.75, 3.05) is 20.2 Å². The minimum absolute atomic E-state index is 0.202. The van der Waals surface area contributed by atoms with Gasteiger partial charge in [-0.3, -0.25) is 0 Å². The van der Waals surface area contributed by atoms with E-state index in [0.29, 0.717) is 18.8 Å². The Morgan fingerprint density at radius 1 is 1.47 bits per heavy atom. The van der Waals surface area contributed by atoms with Crippen molar-refractivity contribution in [3.05, 3.63) is 11.5 Å². The molecule has 86 valence electrons. The van der Waals surface area contributed by atoms with Crippen LogP contribution in [0.3, 0.4) is 0 Å². The molecule has 1 aliphatic heterocycles. The van der Waals surface area contributed by atoms with Gasteiger partial charge in [-0.25, -0.2) is 4.99 Å². The minimum Gasteiger partial charge on any atom is -0.395 e. The molecular weight excluding hydrogens is 196 g/mol. The van der Waals surface area contributed by atoms with E-state index in [1.807, 2.05) is 7.05 Å². The molecule has 8 N–H and O–H groups in total. The largest absolute Gasteiger partial charge is 0.395 e. The van der Waals surface area contributed by atoms with E-state index in [1.165, 1.54) is 0 Å². The van der Waals surface area contributed by atoms with Crippen LogP contribution in [0.1, 0.15) is 6.92 Å². The van der Waals surface area contributed by atoms with E-state index in [4.69, 9.17) is 21.9 Å². The van der Waals surface area contributed by atoms with Crippen LogP contribution < -0.4 is 27.8 Å². The molecule has 1 unspecified atom stereocenters. The van der Waals surface area contributed by atoms with Crippen molar-refractivity contribution >= 4 is 5.96 Å². The van der Waals surface area contributed by atoms with E-state index in [9.17, 15) is 0 Å². The quantitative estimate of drug-likeness (QED) is 0.343. The Bertz CT molecular complexity index is 300. The summed E-state index contributed by atoms with van der Waals surface area (Å²) in [5.74, 6) is 0.489. The number of nitrogens with zero attached hydrogens (tertiary/aromatic N) is 1. The molecule has 0 aromatic rings. The van der Waals surface area contributed by atoms with Gasteiger partial charge in [0.05, 0.1) is 6.61 Å². The first-order valence-corrected chi connectivity index (χ1v) is 4.66. The molecule has 0 fully saturated rings. The van der Waals surface area contributed by atoms with E-state index >= 15 is 0 Å². The molecule has 15 heavy (non-hydrogen) atoms. The zero-order valence-electron chi connectivity index (χ0n) is 9.00. The summed E-state index contributed by atoms with van der Waals surface area (Å²) >= 11 is 0. The number of aliphatic imine (C=N–C) groups is 1. The molecule has 1 atom stereocenters. The van der Waals surface area contributed by atoms with Crippen LogP contribution in [0.2, 0.25) is 0 Å². The van der Waals surface area contributed by atoms with Gasteiger partial charge in [-0.15, -0.1) is 0 Å². The first kappa shape index (κ1) is 11.6. The van der Waals surface area contributed by atoms with E-state index in [0.717, 1.165) is 0 Å². The van der Waals surface area contributed by atoms with E-state index in [1.54, 1.807) is 6.92 Å². The molecule has 0 spiro atoms. The molecule has 0 saturated carbocycles. The van der Waals surface area contributed by atoms with Crippen LogP contribution in [-0.2, 0) is 4.74 Å². The van der Waals surface area contributed by atoms with Crippen LogP contribution >= 0.6 is 0 Å². The van der Waals surface area contributed by atoms with Crippen LogP contribution in [0.25, 0.3) is 0 Å². The maximum atomic E-state index is 5.79. The number of likely N-dealkylation sites (N-methyl/N-ethyl adjacent to an activating group) is 1. The van der Waals surface area contributed by atoms with Gasteiger partial charge < -0.3 is 32.6 Å². The van der Waals surface area contributed by atoms with Gasteiger partial charge in [0.1, 0.15) is 11.5 Å². The van der Waals surface area contributed by atoms with E-state index in [2.05, 4.69) is 15.6 Å². The van der Waals surface area contributed by atoms with Crippen molar-refractivity contribution in [3.8, 4) is 0 Å². The highest BCUT2D eigenvalue weighted by atomic mass is 16.5. The molecule has 0 saturated heterocycles. The highest BCUT2D eigenvalue weighted by Gasteiger charge is 2.33. The Balaban J connectivity index is 2.75. The summed E-state index contributed by atoms with van der Waals surface area (Å²) in [5, 5.41) is 5.59. The lowest BCUT2D eigenvalue weighted by Crippen LogP contribution is -2.49. The Hall–Kier alpha value is -1.47. The van der Waals surface area contributed by atoms with Crippen LogP contribution in [0.15, 0.2) is 16.5 Å². The molecule has 0 radical (unpaired) electrons. The van der Waals surface area contributed by atoms with E-state index in [-0.39, 0.29) is 11.8 Å². The van der Waals surface area contributed by atoms with Crippen molar-refractivity contribution in [2.24, 2.45) is 22.2 Å². The first-order valence-electron chi connectivity index (χ1n) is 4.66. The number of hydrogen-bond acceptors (Lipinski definition) is 7. The van der Waals surface area contributed by atoms with Gasteiger partial charge in [0.25, 0.3) is 0 Å². The Labute approximate surface area is 88.7 Å². The second kappa shape index (κ2) is 4.37. The number of rotatable bonds is 4. The lowest BCUT2D eigenvalue weighted by Gasteiger charge is -2.31. The molecule has 1 aliphatic rings. The molecule has 0 aliphatic carbocycles. The predicted molar refractivity (Wildman–Crippen MR) is 58.4 cm³/mol. The number of hydrogen-bond donors (Lipinski definition) is 5. The lowest BCUT2D eigenvalue weighted by molar-refractivity contribution is 0.00211. The van der Waals surface area contributed by atoms with Gasteiger partial charge in [-0.2, -0.15) is 0 Å². The van der Waals surface area contributed by atoms with Gasteiger partial charge in [-0.1, -0.05) is 0 Å². The van der Waals surface area contributed by atoms with Crippen molar-refractivity contribution in [2.45, 2.75) is 12.6 Å². The summed E-state index contributed by atoms with van der Waals surface area (Å²) in [7, 11) is 1.83. The SMILES string of the molecule is CNCCOC1(C)N=C(N)NC(N)=C1N. The smallest absolute Gasteiger partial charge is 0.203 e. The van der Waals surface area contributed by atoms with Crippen LogP contribution in [0.4, 0.5) is 0 Å².